The summed E-state index contributed by atoms with van der Waals surface area (Å²) in [5.41, 5.74) is 13.1. The Bertz CT molecular complexity index is 2410. The van der Waals surface area contributed by atoms with Crippen LogP contribution in [0.15, 0.2) is 143 Å². The Labute approximate surface area is 319 Å². The zero-order chi connectivity index (χ0) is 34.7. The summed E-state index contributed by atoms with van der Waals surface area (Å²) < 4.78 is 0. The molecule has 0 fully saturated rings. The van der Waals surface area contributed by atoms with Crippen LogP contribution in [-0.2, 0) is 0 Å². The maximum Gasteiger partial charge on any atom is 0.0857 e. The van der Waals surface area contributed by atoms with Crippen molar-refractivity contribution in [3.05, 3.63) is 185 Å². The fourth-order valence-electron chi connectivity index (χ4n) is 6.21. The van der Waals surface area contributed by atoms with E-state index in [-0.39, 0.29) is 0 Å². The topological polar surface area (TPSA) is 0 Å². The van der Waals surface area contributed by atoms with Crippen LogP contribution < -0.4 is 0 Å². The molecule has 52 heavy (non-hydrogen) atoms. The molecule has 0 amide bonds. The van der Waals surface area contributed by atoms with Crippen molar-refractivity contribution in [3.8, 4) is 91.9 Å². The Hall–Kier alpha value is -6.08. The van der Waals surface area contributed by atoms with Crippen molar-refractivity contribution < 1.29 is 0 Å². The Balaban J connectivity index is 1.32. The molecule has 0 bridgehead atoms. The van der Waals surface area contributed by atoms with Gasteiger partial charge in [0.25, 0.3) is 0 Å². The molecule has 0 nitrogen and oxygen atoms in total. The zero-order valence-corrected chi connectivity index (χ0v) is 30.8. The average molecular weight is 729 g/mol. The van der Waals surface area contributed by atoms with Gasteiger partial charge >= 0.3 is 0 Å². The van der Waals surface area contributed by atoms with E-state index in [2.05, 4.69) is 117 Å². The van der Waals surface area contributed by atoms with Gasteiger partial charge in [-0.2, -0.15) is 0 Å². The van der Waals surface area contributed by atoms with E-state index in [9.17, 15) is 0 Å². The van der Waals surface area contributed by atoms with Gasteiger partial charge in [0.05, 0.1) is 19.5 Å². The van der Waals surface area contributed by atoms with Gasteiger partial charge in [0.2, 0.25) is 0 Å². The third-order valence-corrected chi connectivity index (χ3v) is 12.2. The molecule has 0 unspecified atom stereocenters. The van der Waals surface area contributed by atoms with Crippen molar-refractivity contribution in [1.29, 1.82) is 0 Å². The van der Waals surface area contributed by atoms with Gasteiger partial charge in [-0.15, -0.1) is 45.3 Å². The van der Waals surface area contributed by atoms with Gasteiger partial charge in [-0.25, -0.2) is 0 Å². The van der Waals surface area contributed by atoms with E-state index in [0.717, 1.165) is 86.3 Å². The van der Waals surface area contributed by atoms with Crippen LogP contribution in [0.3, 0.4) is 0 Å². The summed E-state index contributed by atoms with van der Waals surface area (Å²) in [6.07, 6.45) is 0. The number of fused-ring (bicyclic) bond motifs is 8. The summed E-state index contributed by atoms with van der Waals surface area (Å²) in [7, 11) is 0. The van der Waals surface area contributed by atoms with E-state index < -0.39 is 0 Å². The van der Waals surface area contributed by atoms with E-state index in [1.807, 2.05) is 72.8 Å². The lowest BCUT2D eigenvalue weighted by Crippen LogP contribution is -1.94. The smallest absolute Gasteiger partial charge is 0.0857 e. The van der Waals surface area contributed by atoms with Crippen LogP contribution in [0.25, 0.3) is 44.5 Å². The van der Waals surface area contributed by atoms with Crippen LogP contribution in [0.4, 0.5) is 0 Å². The van der Waals surface area contributed by atoms with Gasteiger partial charge in [-0.05, 0) is 48.5 Å². The molecular weight excluding hydrogens is 705 g/mol. The molecule has 0 saturated carbocycles. The predicted molar refractivity (Wildman–Crippen MR) is 223 cm³/mol. The van der Waals surface area contributed by atoms with Crippen LogP contribution in [-0.4, -0.2) is 0 Å². The largest absolute Gasteiger partial charge is 0.134 e. The molecule has 0 spiro atoms. The third-order valence-electron chi connectivity index (χ3n) is 8.62. The normalized spacial score (nSPS) is 10.5. The van der Waals surface area contributed by atoms with Crippen LogP contribution >= 0.6 is 45.3 Å². The third kappa shape index (κ3) is 6.23. The van der Waals surface area contributed by atoms with Crippen molar-refractivity contribution in [2.75, 3.05) is 0 Å². The van der Waals surface area contributed by atoms with E-state index in [0.29, 0.717) is 0 Å². The maximum absolute atomic E-state index is 3.58. The molecule has 4 aromatic heterocycles. The first kappa shape index (κ1) is 31.9. The number of thiophene rings is 4. The lowest BCUT2D eigenvalue weighted by atomic mass is 9.84. The molecule has 9 rings (SSSR count). The lowest BCUT2D eigenvalue weighted by Gasteiger charge is -2.16. The molecular formula is C48H24S4. The first-order chi connectivity index (χ1) is 25.8. The van der Waals surface area contributed by atoms with Crippen molar-refractivity contribution in [3.63, 3.8) is 0 Å². The van der Waals surface area contributed by atoms with Crippen LogP contribution in [0, 0.1) is 47.4 Å². The second-order valence-corrected chi connectivity index (χ2v) is 15.4. The summed E-state index contributed by atoms with van der Waals surface area (Å²) >= 11 is 6.78. The molecule has 0 saturated heterocycles. The molecule has 240 valence electrons. The number of hydrogen-bond donors (Lipinski definition) is 0. The molecule has 4 heteroatoms. The summed E-state index contributed by atoms with van der Waals surface area (Å²) in [6.45, 7) is 0. The van der Waals surface area contributed by atoms with Gasteiger partial charge in [-0.3, -0.25) is 0 Å². The molecule has 1 aliphatic carbocycles. The summed E-state index contributed by atoms with van der Waals surface area (Å²) in [5, 5.41) is 9.08. The van der Waals surface area contributed by atoms with E-state index >= 15 is 0 Å². The highest BCUT2D eigenvalue weighted by Crippen LogP contribution is 2.56. The molecule has 4 heterocycles. The average Bonchev–Trinajstić information content (AvgIpc) is 3.99. The number of hydrogen-bond acceptors (Lipinski definition) is 4. The minimum atomic E-state index is 0.989. The summed E-state index contributed by atoms with van der Waals surface area (Å²) in [4.78, 5) is 4.12. The molecule has 0 aliphatic heterocycles. The Morgan fingerprint density at radius 1 is 0.250 bits per heavy atom. The first-order valence-electron chi connectivity index (χ1n) is 16.6. The van der Waals surface area contributed by atoms with Crippen molar-refractivity contribution in [2.24, 2.45) is 0 Å². The Morgan fingerprint density at radius 3 is 0.673 bits per heavy atom. The SMILES string of the molecule is C(#Cc1scc2c1-c1csc(C#Cc3ccccc3)c1-c1csc(C#Cc3ccccc3)c1-c1csc(C#Cc3ccccc3)c1-2)c1ccccc1. The monoisotopic (exact) mass is 728 g/mol. The van der Waals surface area contributed by atoms with Crippen molar-refractivity contribution in [1.82, 2.24) is 0 Å². The summed E-state index contributed by atoms with van der Waals surface area (Å²) in [5.74, 6) is 28.1. The molecule has 0 atom stereocenters. The summed E-state index contributed by atoms with van der Waals surface area (Å²) in [6, 6.07) is 40.8. The second kappa shape index (κ2) is 14.3. The van der Waals surface area contributed by atoms with Crippen molar-refractivity contribution >= 4 is 45.3 Å². The van der Waals surface area contributed by atoms with E-state index in [1.165, 1.54) is 0 Å². The van der Waals surface area contributed by atoms with Gasteiger partial charge < -0.3 is 0 Å². The van der Waals surface area contributed by atoms with E-state index in [1.54, 1.807) is 45.3 Å². The number of rotatable bonds is 0. The Morgan fingerprint density at radius 2 is 0.462 bits per heavy atom. The fourth-order valence-corrected chi connectivity index (χ4v) is 9.88. The zero-order valence-electron chi connectivity index (χ0n) is 27.5. The van der Waals surface area contributed by atoms with E-state index in [4.69, 9.17) is 0 Å². The predicted octanol–water partition coefficient (Wildman–Crippen LogP) is 12.5. The molecule has 1 aliphatic rings. The highest BCUT2D eigenvalue weighted by atomic mass is 32.1. The van der Waals surface area contributed by atoms with Crippen LogP contribution in [0.2, 0.25) is 0 Å². The second-order valence-electron chi connectivity index (χ2n) is 11.9. The highest BCUT2D eigenvalue weighted by Gasteiger charge is 2.31. The maximum atomic E-state index is 3.58. The molecule has 0 N–H and O–H groups in total. The lowest BCUT2D eigenvalue weighted by molar-refractivity contribution is 1.63. The standard InChI is InChI=1S/C48H24S4/c1-5-13-33(14-6-1)21-25-41-45-37(29-49-41)46-39(31-51-42(46)26-22-34-15-7-2-8-16-34)48-40(32-52-44(48)28-24-36-19-11-4-12-20-36)47-38(45)30-50-43(47)27-23-35-17-9-3-10-18-35/h1-20,29-32H. The minimum Gasteiger partial charge on any atom is -0.134 e. The fraction of sp³-hybridized carbons (Fsp3) is 0. The van der Waals surface area contributed by atoms with Crippen LogP contribution in [0.5, 0.6) is 0 Å². The molecule has 4 aromatic carbocycles. The molecule has 8 aromatic rings. The molecule has 0 radical (unpaired) electrons. The Kier molecular flexibility index (Phi) is 8.75. The van der Waals surface area contributed by atoms with Gasteiger partial charge in [0, 0.05) is 88.3 Å². The van der Waals surface area contributed by atoms with Gasteiger partial charge in [-0.1, -0.05) is 120 Å². The first-order valence-corrected chi connectivity index (χ1v) is 20.1. The van der Waals surface area contributed by atoms with Crippen LogP contribution in [0.1, 0.15) is 41.8 Å². The quantitative estimate of drug-likeness (QED) is 0.136. The van der Waals surface area contributed by atoms with Gasteiger partial charge in [0.1, 0.15) is 0 Å². The number of benzene rings is 4. The minimum absolute atomic E-state index is 0.989. The van der Waals surface area contributed by atoms with Gasteiger partial charge in [0.15, 0.2) is 0 Å². The highest BCUT2D eigenvalue weighted by molar-refractivity contribution is 7.14. The van der Waals surface area contributed by atoms with Crippen molar-refractivity contribution in [2.45, 2.75) is 0 Å².